The predicted octanol–water partition coefficient (Wildman–Crippen LogP) is 4.07. The smallest absolute Gasteiger partial charge is 0.124 e. The SMILES string of the molecule is Cc1cc(OCc2ccoc2CNC2CC2)ccc1Cl. The lowest BCUT2D eigenvalue weighted by Gasteiger charge is -2.08. The number of benzene rings is 1. The van der Waals surface area contributed by atoms with Crippen LogP contribution in [-0.2, 0) is 13.2 Å². The third-order valence-electron chi connectivity index (χ3n) is 3.49. The van der Waals surface area contributed by atoms with Crippen LogP contribution in [0.2, 0.25) is 5.02 Å². The van der Waals surface area contributed by atoms with Crippen LogP contribution in [0.3, 0.4) is 0 Å². The van der Waals surface area contributed by atoms with Crippen LogP contribution >= 0.6 is 11.6 Å². The van der Waals surface area contributed by atoms with E-state index in [-0.39, 0.29) is 0 Å². The quantitative estimate of drug-likeness (QED) is 0.871. The van der Waals surface area contributed by atoms with Crippen LogP contribution in [0.1, 0.15) is 29.7 Å². The minimum atomic E-state index is 0.513. The number of furan rings is 1. The molecule has 0 saturated heterocycles. The number of rotatable bonds is 6. The zero-order valence-electron chi connectivity index (χ0n) is 11.5. The molecule has 1 aliphatic carbocycles. The van der Waals surface area contributed by atoms with E-state index in [4.69, 9.17) is 20.8 Å². The number of aryl methyl sites for hydroxylation is 1. The molecule has 0 spiro atoms. The summed E-state index contributed by atoms with van der Waals surface area (Å²) in [6, 6.07) is 8.33. The number of hydrogen-bond acceptors (Lipinski definition) is 3. The van der Waals surface area contributed by atoms with Crippen molar-refractivity contribution in [1.82, 2.24) is 5.32 Å². The molecule has 0 unspecified atom stereocenters. The summed E-state index contributed by atoms with van der Waals surface area (Å²) in [5, 5.41) is 4.21. The fraction of sp³-hybridized carbons (Fsp3) is 0.375. The maximum Gasteiger partial charge on any atom is 0.124 e. The second-order valence-electron chi connectivity index (χ2n) is 5.22. The van der Waals surface area contributed by atoms with Crippen molar-refractivity contribution in [3.8, 4) is 5.75 Å². The van der Waals surface area contributed by atoms with Gasteiger partial charge in [0.2, 0.25) is 0 Å². The Morgan fingerprint density at radius 1 is 1.35 bits per heavy atom. The molecule has 0 aliphatic heterocycles. The van der Waals surface area contributed by atoms with Crippen molar-refractivity contribution >= 4 is 11.6 Å². The van der Waals surface area contributed by atoms with Crippen molar-refractivity contribution in [1.29, 1.82) is 0 Å². The lowest BCUT2D eigenvalue weighted by atomic mass is 10.2. The molecule has 3 nitrogen and oxygen atoms in total. The fourth-order valence-corrected chi connectivity index (χ4v) is 2.16. The lowest BCUT2D eigenvalue weighted by Crippen LogP contribution is -2.16. The highest BCUT2D eigenvalue weighted by atomic mass is 35.5. The van der Waals surface area contributed by atoms with Gasteiger partial charge < -0.3 is 14.5 Å². The molecule has 0 atom stereocenters. The standard InChI is InChI=1S/C16H18ClNO2/c1-11-8-14(4-5-15(11)17)20-10-12-6-7-19-16(12)9-18-13-2-3-13/h4-8,13,18H,2-3,9-10H2,1H3. The van der Waals surface area contributed by atoms with E-state index in [1.54, 1.807) is 6.26 Å². The van der Waals surface area contributed by atoms with Gasteiger partial charge in [-0.3, -0.25) is 0 Å². The minimum Gasteiger partial charge on any atom is -0.489 e. The number of halogens is 1. The molecule has 3 rings (SSSR count). The fourth-order valence-electron chi connectivity index (χ4n) is 2.04. The molecule has 1 aliphatic rings. The van der Waals surface area contributed by atoms with Gasteiger partial charge in [0.05, 0.1) is 12.8 Å². The summed E-state index contributed by atoms with van der Waals surface area (Å²) in [5.41, 5.74) is 2.11. The topological polar surface area (TPSA) is 34.4 Å². The molecule has 0 amide bonds. The van der Waals surface area contributed by atoms with E-state index in [0.717, 1.165) is 34.2 Å². The van der Waals surface area contributed by atoms with Gasteiger partial charge in [0.25, 0.3) is 0 Å². The van der Waals surface area contributed by atoms with Crippen molar-refractivity contribution in [2.75, 3.05) is 0 Å². The van der Waals surface area contributed by atoms with Crippen molar-refractivity contribution in [3.63, 3.8) is 0 Å². The molecule has 1 fully saturated rings. The van der Waals surface area contributed by atoms with E-state index < -0.39 is 0 Å². The van der Waals surface area contributed by atoms with Gasteiger partial charge in [0.1, 0.15) is 18.1 Å². The summed E-state index contributed by atoms with van der Waals surface area (Å²) in [6.45, 7) is 3.26. The van der Waals surface area contributed by atoms with Gasteiger partial charge in [0, 0.05) is 16.6 Å². The van der Waals surface area contributed by atoms with E-state index in [2.05, 4.69) is 5.32 Å². The van der Waals surface area contributed by atoms with Gasteiger partial charge >= 0.3 is 0 Å². The van der Waals surface area contributed by atoms with Gasteiger partial charge in [-0.1, -0.05) is 11.6 Å². The summed E-state index contributed by atoms with van der Waals surface area (Å²) in [5.74, 6) is 1.79. The molecule has 1 N–H and O–H groups in total. The predicted molar refractivity (Wildman–Crippen MR) is 79.1 cm³/mol. The first-order valence-corrected chi connectivity index (χ1v) is 7.28. The average Bonchev–Trinajstić information content (AvgIpc) is 3.16. The Hall–Kier alpha value is -1.45. The molecule has 1 heterocycles. The summed E-state index contributed by atoms with van der Waals surface area (Å²) in [6.07, 6.45) is 4.27. The Labute approximate surface area is 123 Å². The third kappa shape index (κ3) is 3.35. The molecule has 20 heavy (non-hydrogen) atoms. The van der Waals surface area contributed by atoms with Crippen molar-refractivity contribution in [3.05, 3.63) is 52.4 Å². The zero-order valence-corrected chi connectivity index (χ0v) is 12.2. The van der Waals surface area contributed by atoms with Crippen LogP contribution in [0.4, 0.5) is 0 Å². The first-order chi connectivity index (χ1) is 9.72. The minimum absolute atomic E-state index is 0.513. The van der Waals surface area contributed by atoms with Crippen LogP contribution in [0.25, 0.3) is 0 Å². The van der Waals surface area contributed by atoms with E-state index >= 15 is 0 Å². The molecule has 2 aromatic rings. The third-order valence-corrected chi connectivity index (χ3v) is 3.91. The van der Waals surface area contributed by atoms with E-state index in [1.807, 2.05) is 31.2 Å². The second kappa shape index (κ2) is 5.90. The maximum atomic E-state index is 6.00. The average molecular weight is 292 g/mol. The number of nitrogens with one attached hydrogen (secondary N) is 1. The summed E-state index contributed by atoms with van der Waals surface area (Å²) in [7, 11) is 0. The van der Waals surface area contributed by atoms with E-state index in [1.165, 1.54) is 12.8 Å². The van der Waals surface area contributed by atoms with Gasteiger partial charge in [-0.2, -0.15) is 0 Å². The molecule has 0 radical (unpaired) electrons. The van der Waals surface area contributed by atoms with Crippen molar-refractivity contribution in [2.45, 2.75) is 39.0 Å². The van der Waals surface area contributed by atoms with Gasteiger partial charge in [-0.15, -0.1) is 0 Å². The number of hydrogen-bond donors (Lipinski definition) is 1. The Balaban J connectivity index is 1.59. The maximum absolute atomic E-state index is 6.00. The Kier molecular flexibility index (Phi) is 3.99. The van der Waals surface area contributed by atoms with Crippen molar-refractivity contribution < 1.29 is 9.15 Å². The summed E-state index contributed by atoms with van der Waals surface area (Å²) in [4.78, 5) is 0. The molecule has 0 bridgehead atoms. The Morgan fingerprint density at radius 3 is 2.95 bits per heavy atom. The lowest BCUT2D eigenvalue weighted by molar-refractivity contribution is 0.301. The molecule has 4 heteroatoms. The molecule has 106 valence electrons. The second-order valence-corrected chi connectivity index (χ2v) is 5.63. The molecule has 1 aromatic carbocycles. The highest BCUT2D eigenvalue weighted by Crippen LogP contribution is 2.23. The Bertz CT molecular complexity index is 590. The summed E-state index contributed by atoms with van der Waals surface area (Å²) >= 11 is 6.00. The summed E-state index contributed by atoms with van der Waals surface area (Å²) < 4.78 is 11.3. The largest absolute Gasteiger partial charge is 0.489 e. The molecule has 1 aromatic heterocycles. The molecular weight excluding hydrogens is 274 g/mol. The Morgan fingerprint density at radius 2 is 2.20 bits per heavy atom. The van der Waals surface area contributed by atoms with Gasteiger partial charge in [-0.25, -0.2) is 0 Å². The van der Waals surface area contributed by atoms with Crippen LogP contribution in [0.15, 0.2) is 34.9 Å². The first kappa shape index (κ1) is 13.5. The van der Waals surface area contributed by atoms with Gasteiger partial charge in [-0.05, 0) is 49.6 Å². The molecule has 1 saturated carbocycles. The van der Waals surface area contributed by atoms with Crippen LogP contribution in [-0.4, -0.2) is 6.04 Å². The number of ether oxygens (including phenoxy) is 1. The first-order valence-electron chi connectivity index (χ1n) is 6.90. The zero-order chi connectivity index (χ0) is 13.9. The van der Waals surface area contributed by atoms with Crippen LogP contribution in [0.5, 0.6) is 5.75 Å². The highest BCUT2D eigenvalue weighted by molar-refractivity contribution is 6.31. The highest BCUT2D eigenvalue weighted by Gasteiger charge is 2.21. The van der Waals surface area contributed by atoms with Crippen molar-refractivity contribution in [2.24, 2.45) is 0 Å². The molecular formula is C16H18ClNO2. The van der Waals surface area contributed by atoms with E-state index in [0.29, 0.717) is 12.6 Å². The monoisotopic (exact) mass is 291 g/mol. The van der Waals surface area contributed by atoms with E-state index in [9.17, 15) is 0 Å². The van der Waals surface area contributed by atoms with Crippen LogP contribution in [0, 0.1) is 6.92 Å². The van der Waals surface area contributed by atoms with Crippen LogP contribution < -0.4 is 10.1 Å². The normalized spacial score (nSPS) is 14.5. The van der Waals surface area contributed by atoms with Gasteiger partial charge in [0.15, 0.2) is 0 Å².